The summed E-state index contributed by atoms with van der Waals surface area (Å²) in [6.45, 7) is 4.20. The van der Waals surface area contributed by atoms with Crippen LogP contribution in [-0.4, -0.2) is 28.8 Å². The Kier molecular flexibility index (Phi) is 4.24. The highest BCUT2D eigenvalue weighted by Crippen LogP contribution is 2.27. The summed E-state index contributed by atoms with van der Waals surface area (Å²) in [5, 5.41) is 10.6. The first-order chi connectivity index (χ1) is 10.6. The smallest absolute Gasteiger partial charge is 0.225 e. The molecule has 5 nitrogen and oxygen atoms in total. The van der Waals surface area contributed by atoms with Crippen LogP contribution in [0.4, 0.5) is 0 Å². The average Bonchev–Trinajstić information content (AvgIpc) is 3.14. The van der Waals surface area contributed by atoms with Crippen LogP contribution < -0.4 is 10.6 Å². The van der Waals surface area contributed by atoms with Crippen molar-refractivity contribution in [3.05, 3.63) is 53.3 Å². The summed E-state index contributed by atoms with van der Waals surface area (Å²) in [5.41, 5.74) is 3.50. The average molecular weight is 298 g/mol. The van der Waals surface area contributed by atoms with Crippen LogP contribution in [0.15, 0.2) is 36.7 Å². The van der Waals surface area contributed by atoms with Gasteiger partial charge in [0.05, 0.1) is 12.1 Å². The second-order valence-corrected chi connectivity index (χ2v) is 5.96. The van der Waals surface area contributed by atoms with Crippen molar-refractivity contribution in [1.82, 2.24) is 20.4 Å². The van der Waals surface area contributed by atoms with Crippen molar-refractivity contribution in [3.8, 4) is 0 Å². The number of aryl methyl sites for hydroxylation is 2. The molecule has 1 aromatic heterocycles. The summed E-state index contributed by atoms with van der Waals surface area (Å²) in [7, 11) is 1.90. The quantitative estimate of drug-likeness (QED) is 0.896. The molecule has 1 aromatic carbocycles. The highest BCUT2D eigenvalue weighted by Gasteiger charge is 2.34. The van der Waals surface area contributed by atoms with Crippen molar-refractivity contribution in [2.75, 3.05) is 13.1 Å². The molecular weight excluding hydrogens is 276 g/mol. The molecule has 22 heavy (non-hydrogen) atoms. The maximum absolute atomic E-state index is 12.5. The fourth-order valence-electron chi connectivity index (χ4n) is 3.06. The summed E-state index contributed by atoms with van der Waals surface area (Å²) in [6, 6.07) is 8.14. The van der Waals surface area contributed by atoms with E-state index in [0.29, 0.717) is 6.54 Å². The number of amides is 1. The Morgan fingerprint density at radius 1 is 1.41 bits per heavy atom. The number of hydrogen-bond donors (Lipinski definition) is 2. The summed E-state index contributed by atoms with van der Waals surface area (Å²) >= 11 is 0. The number of aromatic nitrogens is 2. The molecule has 5 heteroatoms. The second kappa shape index (κ2) is 6.32. The minimum absolute atomic E-state index is 0.0341. The van der Waals surface area contributed by atoms with E-state index in [1.54, 1.807) is 4.68 Å². The molecule has 0 spiro atoms. The van der Waals surface area contributed by atoms with Crippen LogP contribution in [0.2, 0.25) is 0 Å². The van der Waals surface area contributed by atoms with Crippen molar-refractivity contribution in [2.24, 2.45) is 13.0 Å². The fraction of sp³-hybridized carbons (Fsp3) is 0.412. The molecule has 3 rings (SSSR count). The van der Waals surface area contributed by atoms with Gasteiger partial charge in [0.1, 0.15) is 0 Å². The first-order valence-corrected chi connectivity index (χ1v) is 7.66. The standard InChI is InChI=1S/C17H22N4O/c1-12-5-3-4-6-13(12)7-19-17(22)16-10-18-9-15(16)14-8-20-21(2)11-14/h3-6,8,11,15-16,18H,7,9-10H2,1-2H3,(H,19,22)/t15-,16+/m1/s1. The predicted octanol–water partition coefficient (Wildman–Crippen LogP) is 1.35. The van der Waals surface area contributed by atoms with Crippen LogP contribution >= 0.6 is 0 Å². The molecule has 2 heterocycles. The predicted molar refractivity (Wildman–Crippen MR) is 85.3 cm³/mol. The molecule has 2 aromatic rings. The van der Waals surface area contributed by atoms with Crippen LogP contribution in [0.5, 0.6) is 0 Å². The van der Waals surface area contributed by atoms with Gasteiger partial charge >= 0.3 is 0 Å². The van der Waals surface area contributed by atoms with Gasteiger partial charge in [0.2, 0.25) is 5.91 Å². The van der Waals surface area contributed by atoms with Crippen LogP contribution in [-0.2, 0) is 18.4 Å². The van der Waals surface area contributed by atoms with Crippen molar-refractivity contribution in [3.63, 3.8) is 0 Å². The number of nitrogens with one attached hydrogen (secondary N) is 2. The van der Waals surface area contributed by atoms with Crippen LogP contribution in [0, 0.1) is 12.8 Å². The van der Waals surface area contributed by atoms with Gasteiger partial charge in [0.25, 0.3) is 0 Å². The monoisotopic (exact) mass is 298 g/mol. The van der Waals surface area contributed by atoms with E-state index in [1.807, 2.05) is 31.6 Å². The Bertz CT molecular complexity index is 664. The molecule has 1 saturated heterocycles. The lowest BCUT2D eigenvalue weighted by atomic mass is 9.90. The number of benzene rings is 1. The Morgan fingerprint density at radius 2 is 2.23 bits per heavy atom. The topological polar surface area (TPSA) is 59.0 Å². The molecule has 2 atom stereocenters. The molecule has 0 unspecified atom stereocenters. The number of hydrogen-bond acceptors (Lipinski definition) is 3. The first kappa shape index (κ1) is 14.8. The van der Waals surface area contributed by atoms with E-state index in [0.717, 1.165) is 18.7 Å². The normalized spacial score (nSPS) is 21.0. The van der Waals surface area contributed by atoms with Crippen molar-refractivity contribution >= 4 is 5.91 Å². The van der Waals surface area contributed by atoms with Crippen molar-refractivity contribution < 1.29 is 4.79 Å². The highest BCUT2D eigenvalue weighted by molar-refractivity contribution is 5.80. The molecular formula is C17H22N4O. The van der Waals surface area contributed by atoms with E-state index in [4.69, 9.17) is 0 Å². The second-order valence-electron chi connectivity index (χ2n) is 5.96. The number of rotatable bonds is 4. The van der Waals surface area contributed by atoms with Gasteiger partial charge in [0.15, 0.2) is 0 Å². The molecule has 1 fully saturated rings. The van der Waals surface area contributed by atoms with Gasteiger partial charge in [-0.1, -0.05) is 24.3 Å². The number of nitrogens with zero attached hydrogens (tertiary/aromatic N) is 2. The van der Waals surface area contributed by atoms with E-state index in [1.165, 1.54) is 11.1 Å². The largest absolute Gasteiger partial charge is 0.352 e. The summed E-state index contributed by atoms with van der Waals surface area (Å²) in [5.74, 6) is 0.279. The highest BCUT2D eigenvalue weighted by atomic mass is 16.1. The van der Waals surface area contributed by atoms with Crippen LogP contribution in [0.1, 0.15) is 22.6 Å². The Balaban J connectivity index is 1.65. The fourth-order valence-corrected chi connectivity index (χ4v) is 3.06. The molecule has 1 aliphatic heterocycles. The van der Waals surface area contributed by atoms with E-state index in [9.17, 15) is 4.79 Å². The van der Waals surface area contributed by atoms with Crippen molar-refractivity contribution in [2.45, 2.75) is 19.4 Å². The number of carbonyl (C=O) groups is 1. The van der Waals surface area contributed by atoms with E-state index < -0.39 is 0 Å². The molecule has 116 valence electrons. The maximum Gasteiger partial charge on any atom is 0.225 e. The molecule has 1 aliphatic rings. The third kappa shape index (κ3) is 3.04. The molecule has 2 N–H and O–H groups in total. The van der Waals surface area contributed by atoms with Crippen LogP contribution in [0.25, 0.3) is 0 Å². The van der Waals surface area contributed by atoms with E-state index in [-0.39, 0.29) is 17.7 Å². The summed E-state index contributed by atoms with van der Waals surface area (Å²) in [4.78, 5) is 12.5. The molecule has 1 amide bonds. The lowest BCUT2D eigenvalue weighted by molar-refractivity contribution is -0.125. The SMILES string of the molecule is Cc1ccccc1CNC(=O)[C@H]1CNC[C@@H]1c1cnn(C)c1. The van der Waals surface area contributed by atoms with Gasteiger partial charge in [0, 0.05) is 38.8 Å². The maximum atomic E-state index is 12.5. The molecule has 0 aliphatic carbocycles. The van der Waals surface area contributed by atoms with Gasteiger partial charge in [-0.25, -0.2) is 0 Å². The van der Waals surface area contributed by atoms with Gasteiger partial charge in [-0.2, -0.15) is 5.10 Å². The van der Waals surface area contributed by atoms with Crippen molar-refractivity contribution in [1.29, 1.82) is 0 Å². The molecule has 0 radical (unpaired) electrons. The first-order valence-electron chi connectivity index (χ1n) is 7.66. The minimum Gasteiger partial charge on any atom is -0.352 e. The van der Waals surface area contributed by atoms with Crippen LogP contribution in [0.3, 0.4) is 0 Å². The zero-order valence-corrected chi connectivity index (χ0v) is 13.0. The lowest BCUT2D eigenvalue weighted by Gasteiger charge is -2.17. The Morgan fingerprint density at radius 3 is 2.95 bits per heavy atom. The summed E-state index contributed by atoms with van der Waals surface area (Å²) < 4.78 is 1.79. The third-order valence-corrected chi connectivity index (χ3v) is 4.42. The Labute approximate surface area is 130 Å². The minimum atomic E-state index is -0.0341. The zero-order valence-electron chi connectivity index (χ0n) is 13.0. The summed E-state index contributed by atoms with van der Waals surface area (Å²) in [6.07, 6.45) is 3.86. The molecule has 0 saturated carbocycles. The Hall–Kier alpha value is -2.14. The zero-order chi connectivity index (χ0) is 15.5. The van der Waals surface area contributed by atoms with Gasteiger partial charge in [-0.3, -0.25) is 9.48 Å². The number of carbonyl (C=O) groups excluding carboxylic acids is 1. The van der Waals surface area contributed by atoms with Gasteiger partial charge in [-0.15, -0.1) is 0 Å². The third-order valence-electron chi connectivity index (χ3n) is 4.42. The van der Waals surface area contributed by atoms with E-state index in [2.05, 4.69) is 34.8 Å². The van der Waals surface area contributed by atoms with Gasteiger partial charge in [-0.05, 0) is 23.6 Å². The molecule has 0 bridgehead atoms. The van der Waals surface area contributed by atoms with Gasteiger partial charge < -0.3 is 10.6 Å². The lowest BCUT2D eigenvalue weighted by Crippen LogP contribution is -2.34. The van der Waals surface area contributed by atoms with E-state index >= 15 is 0 Å².